The Morgan fingerprint density at radius 2 is 1.82 bits per heavy atom. The van der Waals surface area contributed by atoms with E-state index in [-0.39, 0.29) is 18.2 Å². The van der Waals surface area contributed by atoms with Gasteiger partial charge in [-0.3, -0.25) is 14.5 Å². The number of nitrogens with zero attached hydrogens (tertiary/aromatic N) is 2. The van der Waals surface area contributed by atoms with Crippen LogP contribution in [0.3, 0.4) is 0 Å². The van der Waals surface area contributed by atoms with Crippen LogP contribution in [0.25, 0.3) is 0 Å². The third kappa shape index (κ3) is 4.61. The van der Waals surface area contributed by atoms with Gasteiger partial charge in [-0.15, -0.1) is 0 Å². The van der Waals surface area contributed by atoms with E-state index in [0.29, 0.717) is 22.3 Å². The second-order valence-electron chi connectivity index (χ2n) is 8.81. The lowest BCUT2D eigenvalue weighted by Gasteiger charge is -2.48. The van der Waals surface area contributed by atoms with E-state index in [1.165, 1.54) is 0 Å². The van der Waals surface area contributed by atoms with Crippen LogP contribution in [0.4, 0.5) is 5.82 Å². The first-order valence-corrected chi connectivity index (χ1v) is 11.4. The summed E-state index contributed by atoms with van der Waals surface area (Å²) in [5.74, 6) is -0.970. The Morgan fingerprint density at radius 1 is 1.09 bits per heavy atom. The van der Waals surface area contributed by atoms with Crippen LogP contribution < -0.4 is 4.90 Å². The highest BCUT2D eigenvalue weighted by Crippen LogP contribution is 2.52. The molecule has 3 unspecified atom stereocenters. The molecule has 4 rings (SSSR count). The molecule has 2 heterocycles. The molecule has 7 heteroatoms. The Hall–Kier alpha value is -2.89. The minimum Gasteiger partial charge on any atom is -0.481 e. The van der Waals surface area contributed by atoms with Gasteiger partial charge in [0.05, 0.1) is 17.9 Å². The number of benzene rings is 2. The van der Waals surface area contributed by atoms with E-state index in [1.807, 2.05) is 49.4 Å². The van der Waals surface area contributed by atoms with Gasteiger partial charge in [0.1, 0.15) is 5.82 Å². The molecule has 5 nitrogen and oxygen atoms in total. The molecule has 0 saturated carbocycles. The van der Waals surface area contributed by atoms with E-state index in [2.05, 4.69) is 4.98 Å². The number of aryl methyl sites for hydroxylation is 1. The van der Waals surface area contributed by atoms with Crippen LogP contribution >= 0.6 is 23.2 Å². The molecular formula is C26H24Cl2N2O3. The number of hydrogen-bond acceptors (Lipinski definition) is 3. The second-order valence-corrected chi connectivity index (χ2v) is 9.69. The van der Waals surface area contributed by atoms with Gasteiger partial charge in [0, 0.05) is 22.2 Å². The van der Waals surface area contributed by atoms with Gasteiger partial charge < -0.3 is 5.11 Å². The predicted molar refractivity (Wildman–Crippen MR) is 130 cm³/mol. The van der Waals surface area contributed by atoms with Crippen molar-refractivity contribution in [2.75, 3.05) is 4.90 Å². The molecule has 0 radical (unpaired) electrons. The average Bonchev–Trinajstić information content (AvgIpc) is 2.76. The zero-order valence-corrected chi connectivity index (χ0v) is 19.8. The van der Waals surface area contributed by atoms with Gasteiger partial charge in [-0.05, 0) is 60.4 Å². The number of aromatic nitrogens is 1. The number of aliphatic carboxylic acids is 1. The van der Waals surface area contributed by atoms with E-state index in [4.69, 9.17) is 23.2 Å². The highest BCUT2D eigenvalue weighted by atomic mass is 35.5. The van der Waals surface area contributed by atoms with Crippen LogP contribution in [0.2, 0.25) is 10.0 Å². The number of carbonyl (C=O) groups is 2. The van der Waals surface area contributed by atoms with E-state index in [0.717, 1.165) is 16.7 Å². The van der Waals surface area contributed by atoms with Gasteiger partial charge in [-0.1, -0.05) is 60.5 Å². The summed E-state index contributed by atoms with van der Waals surface area (Å²) in [5, 5.41) is 10.8. The van der Waals surface area contributed by atoms with Crippen molar-refractivity contribution in [3.63, 3.8) is 0 Å². The number of carboxylic acids is 1. The maximum absolute atomic E-state index is 14.0. The largest absolute Gasteiger partial charge is 0.481 e. The number of pyridine rings is 1. The molecule has 3 atom stereocenters. The normalized spacial score (nSPS) is 22.9. The van der Waals surface area contributed by atoms with Crippen LogP contribution in [0, 0.1) is 12.3 Å². The van der Waals surface area contributed by atoms with Crippen molar-refractivity contribution in [2.45, 2.75) is 38.6 Å². The van der Waals surface area contributed by atoms with Crippen molar-refractivity contribution in [2.24, 2.45) is 5.41 Å². The summed E-state index contributed by atoms with van der Waals surface area (Å²) in [6.45, 7) is 3.62. The lowest BCUT2D eigenvalue weighted by Crippen LogP contribution is -2.53. The smallest absolute Gasteiger partial charge is 0.304 e. The molecule has 3 aromatic rings. The Bertz CT molecular complexity index is 1200. The fourth-order valence-corrected chi connectivity index (χ4v) is 5.12. The zero-order valence-electron chi connectivity index (χ0n) is 18.3. The number of halogens is 2. The number of carbonyl (C=O) groups excluding carboxylic acids is 1. The highest BCUT2D eigenvalue weighted by Gasteiger charge is 2.51. The summed E-state index contributed by atoms with van der Waals surface area (Å²) in [7, 11) is 0. The van der Waals surface area contributed by atoms with Crippen LogP contribution in [0.15, 0.2) is 66.9 Å². The average molecular weight is 483 g/mol. The number of amides is 1. The number of carboxylic acid groups (broad SMARTS) is 1. The van der Waals surface area contributed by atoms with Gasteiger partial charge in [0.15, 0.2) is 0 Å². The minimum atomic E-state index is -1.12. The molecular weight excluding hydrogens is 459 g/mol. The molecule has 1 aliphatic heterocycles. The zero-order chi connectivity index (χ0) is 23.8. The first-order valence-electron chi connectivity index (χ1n) is 10.7. The fraction of sp³-hybridized carbons (Fsp3) is 0.269. The van der Waals surface area contributed by atoms with E-state index in [1.54, 1.807) is 36.2 Å². The predicted octanol–water partition coefficient (Wildman–Crippen LogP) is 6.44. The third-order valence-corrected chi connectivity index (χ3v) is 6.79. The molecule has 2 aromatic carbocycles. The summed E-state index contributed by atoms with van der Waals surface area (Å²) in [4.78, 5) is 32.0. The summed E-state index contributed by atoms with van der Waals surface area (Å²) < 4.78 is 0. The summed E-state index contributed by atoms with van der Waals surface area (Å²) in [6.07, 6.45) is 1.72. The molecule has 170 valence electrons. The topological polar surface area (TPSA) is 70.5 Å². The van der Waals surface area contributed by atoms with Crippen molar-refractivity contribution in [1.82, 2.24) is 4.98 Å². The standard InChI is InChI=1S/C26H24Cl2N2O3/c1-16-5-4-12-29-24(16)30-23(17-8-10-19(27)11-9-17)21(18-6-3-7-20(28)13-18)14-26(2,25(30)33)15-22(31)32/h3-13,21,23H,14-15H2,1-2H3,(H,31,32). The molecule has 1 aromatic heterocycles. The van der Waals surface area contributed by atoms with Gasteiger partial charge >= 0.3 is 5.97 Å². The Labute approximate surface area is 203 Å². The number of piperidine rings is 1. The first kappa shape index (κ1) is 23.3. The molecule has 1 N–H and O–H groups in total. The molecule has 33 heavy (non-hydrogen) atoms. The molecule has 0 aliphatic carbocycles. The number of rotatable bonds is 5. The molecule has 1 aliphatic rings. The Balaban J connectivity index is 1.97. The van der Waals surface area contributed by atoms with Gasteiger partial charge in [-0.25, -0.2) is 4.98 Å². The minimum absolute atomic E-state index is 0.215. The van der Waals surface area contributed by atoms with Crippen molar-refractivity contribution >= 4 is 40.9 Å². The van der Waals surface area contributed by atoms with Crippen molar-refractivity contribution in [3.05, 3.63) is 93.6 Å². The van der Waals surface area contributed by atoms with Crippen molar-refractivity contribution in [1.29, 1.82) is 0 Å². The lowest BCUT2D eigenvalue weighted by atomic mass is 9.67. The quantitative estimate of drug-likeness (QED) is 0.454. The van der Waals surface area contributed by atoms with E-state index < -0.39 is 17.4 Å². The Kier molecular flexibility index (Phi) is 6.46. The molecule has 1 saturated heterocycles. The lowest BCUT2D eigenvalue weighted by molar-refractivity contribution is -0.145. The molecule has 1 fully saturated rings. The van der Waals surface area contributed by atoms with Gasteiger partial charge in [0.25, 0.3) is 0 Å². The maximum Gasteiger partial charge on any atom is 0.304 e. The van der Waals surface area contributed by atoms with Crippen LogP contribution in [0.5, 0.6) is 0 Å². The third-order valence-electron chi connectivity index (χ3n) is 6.30. The molecule has 0 spiro atoms. The van der Waals surface area contributed by atoms with Crippen molar-refractivity contribution in [3.8, 4) is 0 Å². The highest BCUT2D eigenvalue weighted by molar-refractivity contribution is 6.30. The fourth-order valence-electron chi connectivity index (χ4n) is 4.80. The van der Waals surface area contributed by atoms with E-state index in [9.17, 15) is 14.7 Å². The van der Waals surface area contributed by atoms with Gasteiger partial charge in [0.2, 0.25) is 5.91 Å². The Morgan fingerprint density at radius 3 is 2.45 bits per heavy atom. The second kappa shape index (κ2) is 9.16. The van der Waals surface area contributed by atoms with Crippen LogP contribution in [-0.2, 0) is 9.59 Å². The number of anilines is 1. The molecule has 0 bridgehead atoms. The molecule has 1 amide bonds. The summed E-state index contributed by atoms with van der Waals surface area (Å²) in [5.41, 5.74) is 1.53. The van der Waals surface area contributed by atoms with Gasteiger partial charge in [-0.2, -0.15) is 0 Å². The number of hydrogen-bond donors (Lipinski definition) is 1. The summed E-state index contributed by atoms with van der Waals surface area (Å²) in [6, 6.07) is 18.2. The van der Waals surface area contributed by atoms with Crippen molar-refractivity contribution < 1.29 is 14.7 Å². The van der Waals surface area contributed by atoms with E-state index >= 15 is 0 Å². The summed E-state index contributed by atoms with van der Waals surface area (Å²) >= 11 is 12.5. The first-order chi connectivity index (χ1) is 15.7. The van der Waals surface area contributed by atoms with Crippen LogP contribution in [0.1, 0.15) is 48.4 Å². The maximum atomic E-state index is 14.0. The van der Waals surface area contributed by atoms with Crippen LogP contribution in [-0.4, -0.2) is 22.0 Å². The monoisotopic (exact) mass is 482 g/mol. The SMILES string of the molecule is Cc1cccnc1N1C(=O)C(C)(CC(=O)O)CC(c2cccc(Cl)c2)C1c1ccc(Cl)cc1.